The summed E-state index contributed by atoms with van der Waals surface area (Å²) in [6.07, 6.45) is 0. The zero-order chi connectivity index (χ0) is 22.1. The molecule has 0 radical (unpaired) electrons. The number of nitrogens with zero attached hydrogens (tertiary/aromatic N) is 3. The van der Waals surface area contributed by atoms with Crippen molar-refractivity contribution in [1.82, 2.24) is 13.4 Å². The number of halogens is 1. The Morgan fingerprint density at radius 3 is 2.30 bits per heavy atom. The normalized spacial score (nSPS) is 11.9. The van der Waals surface area contributed by atoms with Gasteiger partial charge in [-0.05, 0) is 37.3 Å². The van der Waals surface area contributed by atoms with Crippen LogP contribution in [0.15, 0.2) is 56.9 Å². The first kappa shape index (κ1) is 21.7. The van der Waals surface area contributed by atoms with E-state index in [2.05, 4.69) is 0 Å². The lowest BCUT2D eigenvalue weighted by Gasteiger charge is -2.17. The summed E-state index contributed by atoms with van der Waals surface area (Å²) in [5, 5.41) is 0. The van der Waals surface area contributed by atoms with E-state index in [0.29, 0.717) is 5.52 Å². The Kier molecular flexibility index (Phi) is 6.09. The van der Waals surface area contributed by atoms with Crippen LogP contribution in [0, 0.1) is 5.82 Å². The molecule has 160 valence electrons. The second-order valence-corrected chi connectivity index (χ2v) is 8.87. The lowest BCUT2D eigenvalue weighted by molar-refractivity contribution is 0.284. The van der Waals surface area contributed by atoms with Gasteiger partial charge in [0.1, 0.15) is 6.61 Å². The maximum absolute atomic E-state index is 13.8. The Labute approximate surface area is 172 Å². The highest BCUT2D eigenvalue weighted by atomic mass is 32.2. The molecule has 8 nitrogen and oxygen atoms in total. The fourth-order valence-corrected chi connectivity index (χ4v) is 4.04. The number of aryl methyl sites for hydroxylation is 1. The van der Waals surface area contributed by atoms with Crippen molar-refractivity contribution in [1.29, 1.82) is 0 Å². The summed E-state index contributed by atoms with van der Waals surface area (Å²) >= 11 is 0. The van der Waals surface area contributed by atoms with E-state index in [0.717, 1.165) is 4.31 Å². The van der Waals surface area contributed by atoms with E-state index >= 15 is 0 Å². The molecule has 0 atom stereocenters. The molecule has 30 heavy (non-hydrogen) atoms. The van der Waals surface area contributed by atoms with Gasteiger partial charge in [0.25, 0.3) is 0 Å². The van der Waals surface area contributed by atoms with Gasteiger partial charge in [0, 0.05) is 20.6 Å². The predicted octanol–water partition coefficient (Wildman–Crippen LogP) is 1.65. The van der Waals surface area contributed by atoms with Gasteiger partial charge in [-0.3, -0.25) is 14.2 Å². The van der Waals surface area contributed by atoms with Crippen LogP contribution >= 0.6 is 0 Å². The molecule has 1 heterocycles. The number of ether oxygens (including phenoxy) is 1. The number of sulfonamides is 1. The van der Waals surface area contributed by atoms with E-state index in [1.165, 1.54) is 59.6 Å². The Morgan fingerprint density at radius 1 is 1.00 bits per heavy atom. The first-order chi connectivity index (χ1) is 14.2. The number of para-hydroxylation sites is 1. The van der Waals surface area contributed by atoms with Crippen molar-refractivity contribution in [3.8, 4) is 5.75 Å². The predicted molar refractivity (Wildman–Crippen MR) is 111 cm³/mol. The third kappa shape index (κ3) is 3.88. The van der Waals surface area contributed by atoms with Gasteiger partial charge in [-0.15, -0.1) is 0 Å². The molecule has 0 saturated carbocycles. The number of aromatic nitrogens is 2. The van der Waals surface area contributed by atoms with Crippen LogP contribution in [0.25, 0.3) is 11.0 Å². The van der Waals surface area contributed by atoms with Gasteiger partial charge >= 0.3 is 11.1 Å². The summed E-state index contributed by atoms with van der Waals surface area (Å²) in [7, 11) is -0.938. The molecule has 0 aliphatic rings. The van der Waals surface area contributed by atoms with Crippen molar-refractivity contribution in [2.45, 2.75) is 24.9 Å². The van der Waals surface area contributed by atoms with Gasteiger partial charge < -0.3 is 9.30 Å². The van der Waals surface area contributed by atoms with Crippen molar-refractivity contribution >= 4 is 21.1 Å². The van der Waals surface area contributed by atoms with Crippen molar-refractivity contribution in [3.63, 3.8) is 0 Å². The molecule has 1 aromatic heterocycles. The van der Waals surface area contributed by atoms with Crippen LogP contribution in [0.2, 0.25) is 0 Å². The second-order valence-electron chi connectivity index (χ2n) is 6.72. The number of hydrogen-bond donors (Lipinski definition) is 0. The van der Waals surface area contributed by atoms with Gasteiger partial charge in [0.15, 0.2) is 11.6 Å². The third-order valence-corrected chi connectivity index (χ3v) is 6.52. The van der Waals surface area contributed by atoms with Gasteiger partial charge in [0.05, 0.1) is 22.5 Å². The monoisotopic (exact) mass is 435 g/mol. The molecule has 0 saturated heterocycles. The second kappa shape index (κ2) is 8.41. The molecule has 0 fully saturated rings. The molecule has 0 bridgehead atoms. The number of benzene rings is 2. The Balaban J connectivity index is 2.11. The topological polar surface area (TPSA) is 90.6 Å². The number of fused-ring (bicyclic) bond motifs is 1. The molecule has 0 aliphatic carbocycles. The van der Waals surface area contributed by atoms with Gasteiger partial charge in [-0.2, -0.15) is 0 Å². The summed E-state index contributed by atoms with van der Waals surface area (Å²) < 4.78 is 47.7. The maximum atomic E-state index is 13.8. The van der Waals surface area contributed by atoms with E-state index in [1.54, 1.807) is 13.0 Å². The largest absolute Gasteiger partial charge is 0.489 e. The molecule has 0 spiro atoms. The summed E-state index contributed by atoms with van der Waals surface area (Å²) in [6, 6.07) is 10.1. The number of rotatable bonds is 7. The van der Waals surface area contributed by atoms with Crippen molar-refractivity contribution in [3.05, 3.63) is 69.0 Å². The average Bonchev–Trinajstić information content (AvgIpc) is 2.72. The highest BCUT2D eigenvalue weighted by Gasteiger charge is 2.20. The smallest absolute Gasteiger partial charge is 0.317 e. The molecular formula is C20H22FN3O5S. The van der Waals surface area contributed by atoms with Crippen LogP contribution in [0.1, 0.15) is 6.92 Å². The lowest BCUT2D eigenvalue weighted by atomic mass is 10.2. The fourth-order valence-electron chi connectivity index (χ4n) is 3.11. The van der Waals surface area contributed by atoms with E-state index in [4.69, 9.17) is 4.74 Å². The Hall–Kier alpha value is -2.98. The SMILES string of the molecule is CCn1c(=O)c(=O)n(CCOc2ccccc2F)c2cc(S(=O)(=O)N(C)C)ccc21. The molecule has 3 rings (SSSR count). The molecule has 0 aliphatic heterocycles. The number of hydrogen-bond acceptors (Lipinski definition) is 5. The van der Waals surface area contributed by atoms with Crippen LogP contribution < -0.4 is 15.9 Å². The summed E-state index contributed by atoms with van der Waals surface area (Å²) in [5.74, 6) is -0.525. The van der Waals surface area contributed by atoms with E-state index in [1.807, 2.05) is 0 Å². The van der Waals surface area contributed by atoms with Gasteiger partial charge in [-0.1, -0.05) is 12.1 Å². The van der Waals surface area contributed by atoms with Crippen LogP contribution in [-0.4, -0.2) is 42.6 Å². The molecule has 0 amide bonds. The molecule has 0 N–H and O–H groups in total. The quantitative estimate of drug-likeness (QED) is 0.527. The zero-order valence-corrected chi connectivity index (χ0v) is 17.6. The highest BCUT2D eigenvalue weighted by Crippen LogP contribution is 2.20. The maximum Gasteiger partial charge on any atom is 0.317 e. The Bertz CT molecular complexity index is 1310. The summed E-state index contributed by atoms with van der Waals surface area (Å²) in [5.41, 5.74) is -0.827. The van der Waals surface area contributed by atoms with Crippen molar-refractivity contribution < 1.29 is 17.5 Å². The van der Waals surface area contributed by atoms with Gasteiger partial charge in [0.2, 0.25) is 10.0 Å². The zero-order valence-electron chi connectivity index (χ0n) is 16.8. The minimum atomic E-state index is -3.75. The van der Waals surface area contributed by atoms with Crippen LogP contribution in [0.4, 0.5) is 4.39 Å². The Morgan fingerprint density at radius 2 is 1.67 bits per heavy atom. The van der Waals surface area contributed by atoms with Crippen LogP contribution in [0.5, 0.6) is 5.75 Å². The fraction of sp³-hybridized carbons (Fsp3) is 0.300. The summed E-state index contributed by atoms with van der Waals surface area (Å²) in [4.78, 5) is 25.2. The van der Waals surface area contributed by atoms with Crippen molar-refractivity contribution in [2.24, 2.45) is 0 Å². The molecular weight excluding hydrogens is 413 g/mol. The van der Waals surface area contributed by atoms with Crippen LogP contribution in [0.3, 0.4) is 0 Å². The van der Waals surface area contributed by atoms with Crippen molar-refractivity contribution in [2.75, 3.05) is 20.7 Å². The van der Waals surface area contributed by atoms with E-state index < -0.39 is 27.0 Å². The summed E-state index contributed by atoms with van der Waals surface area (Å²) in [6.45, 7) is 1.82. The first-order valence-corrected chi connectivity index (χ1v) is 10.7. The molecule has 10 heteroatoms. The minimum Gasteiger partial charge on any atom is -0.489 e. The lowest BCUT2D eigenvalue weighted by Crippen LogP contribution is -2.42. The molecule has 2 aromatic carbocycles. The first-order valence-electron chi connectivity index (χ1n) is 9.25. The third-order valence-electron chi connectivity index (χ3n) is 4.71. The highest BCUT2D eigenvalue weighted by molar-refractivity contribution is 7.89. The molecule has 3 aromatic rings. The van der Waals surface area contributed by atoms with E-state index in [9.17, 15) is 22.4 Å². The van der Waals surface area contributed by atoms with Gasteiger partial charge in [-0.25, -0.2) is 17.1 Å². The average molecular weight is 435 g/mol. The van der Waals surface area contributed by atoms with Crippen LogP contribution in [-0.2, 0) is 23.1 Å². The molecule has 0 unspecified atom stereocenters. The standard InChI is InChI=1S/C20H22FN3O5S/c1-4-23-16-10-9-14(30(27,28)22(2)3)13-17(16)24(20(26)19(23)25)11-12-29-18-8-6-5-7-15(18)21/h5-10,13H,4,11-12H2,1-3H3. The minimum absolute atomic E-state index is 0.00975. The van der Waals surface area contributed by atoms with E-state index in [-0.39, 0.29) is 35.9 Å².